The first kappa shape index (κ1) is 15.8. The molecule has 0 heterocycles. The zero-order valence-corrected chi connectivity index (χ0v) is 11.9. The van der Waals surface area contributed by atoms with Crippen molar-refractivity contribution in [1.82, 2.24) is 0 Å². The molecule has 0 aliphatic carbocycles. The molecule has 0 aromatic heterocycles. The first-order chi connectivity index (χ1) is 9.31. The zero-order chi connectivity index (χ0) is 13.9. The van der Waals surface area contributed by atoms with Crippen molar-refractivity contribution in [3.8, 4) is 11.5 Å². The Bertz CT molecular complexity index is 352. The maximum absolute atomic E-state index is 9.28. The molecule has 0 aliphatic heterocycles. The van der Waals surface area contributed by atoms with E-state index in [9.17, 15) is 5.11 Å². The van der Waals surface area contributed by atoms with Gasteiger partial charge in [-0.2, -0.15) is 0 Å². The van der Waals surface area contributed by atoms with E-state index < -0.39 is 0 Å². The van der Waals surface area contributed by atoms with Crippen LogP contribution in [0.15, 0.2) is 18.2 Å². The third-order valence-electron chi connectivity index (χ3n) is 2.58. The van der Waals surface area contributed by atoms with Crippen molar-refractivity contribution >= 4 is 0 Å². The Labute approximate surface area is 115 Å². The Morgan fingerprint density at radius 2 is 1.89 bits per heavy atom. The molecule has 1 rings (SSSR count). The van der Waals surface area contributed by atoms with Crippen molar-refractivity contribution in [3.63, 3.8) is 0 Å². The van der Waals surface area contributed by atoms with Gasteiger partial charge < -0.3 is 19.3 Å². The van der Waals surface area contributed by atoms with Gasteiger partial charge in [0.25, 0.3) is 0 Å². The van der Waals surface area contributed by atoms with Crippen LogP contribution in [0.5, 0.6) is 11.5 Å². The summed E-state index contributed by atoms with van der Waals surface area (Å²) in [5, 5.41) is 9.28. The van der Waals surface area contributed by atoms with Crippen LogP contribution in [0.25, 0.3) is 0 Å². The molecule has 0 amide bonds. The van der Waals surface area contributed by atoms with E-state index in [2.05, 4.69) is 6.92 Å². The number of benzene rings is 1. The fraction of sp³-hybridized carbons (Fsp3) is 0.600. The second kappa shape index (κ2) is 9.64. The second-order valence-electron chi connectivity index (χ2n) is 4.18. The lowest BCUT2D eigenvalue weighted by molar-refractivity contribution is 0.130. The van der Waals surface area contributed by atoms with Gasteiger partial charge in [0.2, 0.25) is 0 Å². The molecule has 108 valence electrons. The van der Waals surface area contributed by atoms with Crippen LogP contribution < -0.4 is 9.47 Å². The summed E-state index contributed by atoms with van der Waals surface area (Å²) in [7, 11) is 0. The molecule has 0 aliphatic rings. The molecule has 4 heteroatoms. The molecule has 4 nitrogen and oxygen atoms in total. The average molecular weight is 268 g/mol. The smallest absolute Gasteiger partial charge is 0.128 e. The summed E-state index contributed by atoms with van der Waals surface area (Å²) < 4.78 is 16.5. The van der Waals surface area contributed by atoms with Crippen molar-refractivity contribution in [2.75, 3.05) is 26.4 Å². The molecule has 0 fully saturated rings. The largest absolute Gasteiger partial charge is 0.493 e. The zero-order valence-electron chi connectivity index (χ0n) is 11.9. The highest BCUT2D eigenvalue weighted by Gasteiger charge is 2.05. The van der Waals surface area contributed by atoms with Crippen LogP contribution in [0.4, 0.5) is 0 Å². The van der Waals surface area contributed by atoms with E-state index in [1.807, 2.05) is 25.1 Å². The topological polar surface area (TPSA) is 47.9 Å². The highest BCUT2D eigenvalue weighted by Crippen LogP contribution is 2.25. The molecule has 1 N–H and O–H groups in total. The van der Waals surface area contributed by atoms with Crippen molar-refractivity contribution in [2.24, 2.45) is 0 Å². The first-order valence-electron chi connectivity index (χ1n) is 6.88. The molecule has 0 spiro atoms. The average Bonchev–Trinajstić information content (AvgIpc) is 2.45. The van der Waals surface area contributed by atoms with Crippen LogP contribution in [0, 0.1) is 0 Å². The quantitative estimate of drug-likeness (QED) is 0.663. The fourth-order valence-corrected chi connectivity index (χ4v) is 1.60. The van der Waals surface area contributed by atoms with E-state index in [1.165, 1.54) is 0 Å². The van der Waals surface area contributed by atoms with Gasteiger partial charge in [0.15, 0.2) is 0 Å². The predicted molar refractivity (Wildman–Crippen MR) is 74.8 cm³/mol. The maximum Gasteiger partial charge on any atom is 0.128 e. The van der Waals surface area contributed by atoms with Crippen molar-refractivity contribution in [1.29, 1.82) is 0 Å². The number of hydrogen-bond acceptors (Lipinski definition) is 4. The molecule has 0 saturated heterocycles. The van der Waals surface area contributed by atoms with Crippen molar-refractivity contribution < 1.29 is 19.3 Å². The van der Waals surface area contributed by atoms with Gasteiger partial charge in [-0.15, -0.1) is 0 Å². The molecule has 0 unspecified atom stereocenters. The molecule has 0 atom stereocenters. The maximum atomic E-state index is 9.28. The minimum Gasteiger partial charge on any atom is -0.493 e. The summed E-state index contributed by atoms with van der Waals surface area (Å²) >= 11 is 0. The monoisotopic (exact) mass is 268 g/mol. The number of hydrogen-bond donors (Lipinski definition) is 1. The van der Waals surface area contributed by atoms with Crippen LogP contribution in [-0.2, 0) is 11.3 Å². The van der Waals surface area contributed by atoms with Crippen LogP contribution >= 0.6 is 0 Å². The summed E-state index contributed by atoms with van der Waals surface area (Å²) in [6, 6.07) is 5.53. The SMILES string of the molecule is CCCOc1ccc(CO)c(OCCCOCC)c1. The molecular weight excluding hydrogens is 244 g/mol. The number of aliphatic hydroxyl groups excluding tert-OH is 1. The molecule has 0 saturated carbocycles. The van der Waals surface area contributed by atoms with Gasteiger partial charge in [0.05, 0.1) is 19.8 Å². The van der Waals surface area contributed by atoms with Gasteiger partial charge >= 0.3 is 0 Å². The summed E-state index contributed by atoms with van der Waals surface area (Å²) in [5.41, 5.74) is 0.778. The summed E-state index contributed by atoms with van der Waals surface area (Å²) in [5.74, 6) is 1.46. The third kappa shape index (κ3) is 5.94. The van der Waals surface area contributed by atoms with E-state index in [4.69, 9.17) is 14.2 Å². The van der Waals surface area contributed by atoms with Gasteiger partial charge in [-0.05, 0) is 25.5 Å². The molecule has 0 bridgehead atoms. The molecule has 0 radical (unpaired) electrons. The lowest BCUT2D eigenvalue weighted by Crippen LogP contribution is -2.05. The second-order valence-corrected chi connectivity index (χ2v) is 4.18. The minimum absolute atomic E-state index is 0.0329. The number of aliphatic hydroxyl groups is 1. The van der Waals surface area contributed by atoms with Crippen LogP contribution in [-0.4, -0.2) is 31.5 Å². The molecular formula is C15H24O4. The Balaban J connectivity index is 2.52. The summed E-state index contributed by atoms with van der Waals surface area (Å²) in [4.78, 5) is 0. The highest BCUT2D eigenvalue weighted by molar-refractivity contribution is 5.40. The third-order valence-corrected chi connectivity index (χ3v) is 2.58. The normalized spacial score (nSPS) is 10.5. The Hall–Kier alpha value is -1.26. The van der Waals surface area contributed by atoms with E-state index in [-0.39, 0.29) is 6.61 Å². The number of rotatable bonds is 10. The molecule has 1 aromatic carbocycles. The van der Waals surface area contributed by atoms with Crippen LogP contribution in [0.2, 0.25) is 0 Å². The van der Waals surface area contributed by atoms with Gasteiger partial charge in [0.1, 0.15) is 11.5 Å². The Kier molecular flexibility index (Phi) is 8.02. The van der Waals surface area contributed by atoms with E-state index in [1.54, 1.807) is 0 Å². The van der Waals surface area contributed by atoms with E-state index >= 15 is 0 Å². The van der Waals surface area contributed by atoms with Crippen molar-refractivity contribution in [3.05, 3.63) is 23.8 Å². The van der Waals surface area contributed by atoms with E-state index in [0.717, 1.165) is 30.8 Å². The Morgan fingerprint density at radius 1 is 1.05 bits per heavy atom. The number of ether oxygens (including phenoxy) is 3. The standard InChI is InChI=1S/C15H24O4/c1-3-8-18-14-7-6-13(12-16)15(11-14)19-10-5-9-17-4-2/h6-7,11,16H,3-5,8-10,12H2,1-2H3. The molecule has 19 heavy (non-hydrogen) atoms. The summed E-state index contributed by atoms with van der Waals surface area (Å²) in [6.07, 6.45) is 1.80. The van der Waals surface area contributed by atoms with Crippen LogP contribution in [0.1, 0.15) is 32.3 Å². The minimum atomic E-state index is -0.0329. The van der Waals surface area contributed by atoms with Gasteiger partial charge in [-0.1, -0.05) is 6.92 Å². The lowest BCUT2D eigenvalue weighted by Gasteiger charge is -2.12. The predicted octanol–water partition coefficient (Wildman–Crippen LogP) is 2.77. The lowest BCUT2D eigenvalue weighted by atomic mass is 10.2. The molecule has 1 aromatic rings. The van der Waals surface area contributed by atoms with Gasteiger partial charge in [-0.3, -0.25) is 0 Å². The highest BCUT2D eigenvalue weighted by atomic mass is 16.5. The summed E-state index contributed by atoms with van der Waals surface area (Å²) in [6.45, 7) is 6.67. The van der Waals surface area contributed by atoms with E-state index in [0.29, 0.717) is 25.6 Å². The Morgan fingerprint density at radius 3 is 2.58 bits per heavy atom. The van der Waals surface area contributed by atoms with Crippen molar-refractivity contribution in [2.45, 2.75) is 33.3 Å². The first-order valence-corrected chi connectivity index (χ1v) is 6.88. The fourth-order valence-electron chi connectivity index (χ4n) is 1.60. The van der Waals surface area contributed by atoms with Gasteiger partial charge in [-0.25, -0.2) is 0 Å². The van der Waals surface area contributed by atoms with Gasteiger partial charge in [0, 0.05) is 31.3 Å². The van der Waals surface area contributed by atoms with Crippen LogP contribution in [0.3, 0.4) is 0 Å².